The summed E-state index contributed by atoms with van der Waals surface area (Å²) >= 11 is 0. The quantitative estimate of drug-likeness (QED) is 0.789. The van der Waals surface area contributed by atoms with Crippen LogP contribution < -0.4 is 10.1 Å². The largest absolute Gasteiger partial charge is 0.484 e. The Bertz CT molecular complexity index is 766. The highest BCUT2D eigenvalue weighted by Gasteiger charge is 2.23. The van der Waals surface area contributed by atoms with Crippen LogP contribution in [0.3, 0.4) is 0 Å². The minimum Gasteiger partial charge on any atom is -0.484 e. The molecule has 0 saturated carbocycles. The van der Waals surface area contributed by atoms with Gasteiger partial charge in [-0.2, -0.15) is 0 Å². The summed E-state index contributed by atoms with van der Waals surface area (Å²) in [5.74, 6) is 1.29. The van der Waals surface area contributed by atoms with E-state index in [1.54, 1.807) is 0 Å². The van der Waals surface area contributed by atoms with Gasteiger partial charge in [-0.25, -0.2) is 0 Å². The molecule has 0 atom stereocenters. The second-order valence-corrected chi connectivity index (χ2v) is 7.38. The van der Waals surface area contributed by atoms with Crippen LogP contribution in [0.15, 0.2) is 54.6 Å². The van der Waals surface area contributed by atoms with Gasteiger partial charge in [0.2, 0.25) is 5.91 Å². The third-order valence-electron chi connectivity index (χ3n) is 5.19. The molecule has 28 heavy (non-hydrogen) atoms. The van der Waals surface area contributed by atoms with Gasteiger partial charge in [0.05, 0.1) is 0 Å². The zero-order valence-electron chi connectivity index (χ0n) is 16.4. The Labute approximate surface area is 166 Å². The number of likely N-dealkylation sites (tertiary alicyclic amines) is 1. The van der Waals surface area contributed by atoms with Gasteiger partial charge in [0.15, 0.2) is 6.61 Å². The molecule has 1 saturated heterocycles. The van der Waals surface area contributed by atoms with E-state index in [0.717, 1.165) is 49.4 Å². The average molecular weight is 380 g/mol. The van der Waals surface area contributed by atoms with E-state index in [-0.39, 0.29) is 18.4 Å². The Hall–Kier alpha value is -2.82. The van der Waals surface area contributed by atoms with Gasteiger partial charge in [0, 0.05) is 25.2 Å². The van der Waals surface area contributed by atoms with Crippen molar-refractivity contribution in [2.75, 3.05) is 25.0 Å². The van der Waals surface area contributed by atoms with Gasteiger partial charge >= 0.3 is 0 Å². The SMILES string of the molecule is Cc1ccc(OCC(=O)N2CCC(CCC(=O)Nc3ccccc3)CC2)cc1. The number of piperidine rings is 1. The lowest BCUT2D eigenvalue weighted by molar-refractivity contribution is -0.134. The first-order valence-electron chi connectivity index (χ1n) is 9.92. The molecular weight excluding hydrogens is 352 g/mol. The van der Waals surface area contributed by atoms with E-state index >= 15 is 0 Å². The fourth-order valence-electron chi connectivity index (χ4n) is 3.42. The predicted octanol–water partition coefficient (Wildman–Crippen LogP) is 4.03. The molecule has 0 aromatic heterocycles. The zero-order valence-corrected chi connectivity index (χ0v) is 16.4. The molecule has 1 aliphatic rings. The Morgan fingerprint density at radius 1 is 1.04 bits per heavy atom. The second-order valence-electron chi connectivity index (χ2n) is 7.38. The summed E-state index contributed by atoms with van der Waals surface area (Å²) in [5, 5.41) is 2.92. The molecule has 0 aliphatic carbocycles. The number of amides is 2. The van der Waals surface area contributed by atoms with Gasteiger partial charge in [-0.3, -0.25) is 9.59 Å². The lowest BCUT2D eigenvalue weighted by Crippen LogP contribution is -2.41. The van der Waals surface area contributed by atoms with Gasteiger partial charge in [-0.1, -0.05) is 35.9 Å². The molecule has 3 rings (SSSR count). The average Bonchev–Trinajstić information content (AvgIpc) is 2.73. The molecule has 5 nitrogen and oxygen atoms in total. The fraction of sp³-hybridized carbons (Fsp3) is 0.391. The number of rotatable bonds is 7. The lowest BCUT2D eigenvalue weighted by atomic mass is 9.92. The number of carbonyl (C=O) groups is 2. The molecule has 1 heterocycles. The maximum absolute atomic E-state index is 12.4. The number of para-hydroxylation sites is 1. The minimum absolute atomic E-state index is 0.0286. The molecular formula is C23H28N2O3. The number of carbonyl (C=O) groups excluding carboxylic acids is 2. The third kappa shape index (κ3) is 6.12. The van der Waals surface area contributed by atoms with Crippen molar-refractivity contribution in [3.05, 3.63) is 60.2 Å². The van der Waals surface area contributed by atoms with Crippen LogP contribution in [0.1, 0.15) is 31.2 Å². The van der Waals surface area contributed by atoms with Crippen LogP contribution >= 0.6 is 0 Å². The number of hydrogen-bond donors (Lipinski definition) is 1. The fourth-order valence-corrected chi connectivity index (χ4v) is 3.42. The maximum atomic E-state index is 12.4. The summed E-state index contributed by atoms with van der Waals surface area (Å²) in [4.78, 5) is 26.3. The molecule has 0 bridgehead atoms. The summed E-state index contributed by atoms with van der Waals surface area (Å²) in [6, 6.07) is 17.2. The smallest absolute Gasteiger partial charge is 0.260 e. The molecule has 2 aromatic carbocycles. The van der Waals surface area contributed by atoms with Crippen LogP contribution in [0.2, 0.25) is 0 Å². The molecule has 1 fully saturated rings. The van der Waals surface area contributed by atoms with Crippen molar-refractivity contribution in [1.29, 1.82) is 0 Å². The van der Waals surface area contributed by atoms with Crippen molar-refractivity contribution in [3.63, 3.8) is 0 Å². The second kappa shape index (κ2) is 9.93. The van der Waals surface area contributed by atoms with E-state index in [4.69, 9.17) is 4.74 Å². The number of nitrogens with one attached hydrogen (secondary N) is 1. The molecule has 0 unspecified atom stereocenters. The predicted molar refractivity (Wildman–Crippen MR) is 110 cm³/mol. The maximum Gasteiger partial charge on any atom is 0.260 e. The van der Waals surface area contributed by atoms with Gasteiger partial charge in [0.25, 0.3) is 5.91 Å². The van der Waals surface area contributed by atoms with Crippen LogP contribution in [0, 0.1) is 12.8 Å². The Kier molecular flexibility index (Phi) is 7.06. The summed E-state index contributed by atoms with van der Waals surface area (Å²) in [5.41, 5.74) is 2.00. The third-order valence-corrected chi connectivity index (χ3v) is 5.19. The lowest BCUT2D eigenvalue weighted by Gasteiger charge is -2.32. The highest BCUT2D eigenvalue weighted by atomic mass is 16.5. The monoisotopic (exact) mass is 380 g/mol. The van der Waals surface area contributed by atoms with Crippen molar-refractivity contribution >= 4 is 17.5 Å². The van der Waals surface area contributed by atoms with Crippen LogP contribution in [0.25, 0.3) is 0 Å². The van der Waals surface area contributed by atoms with Crippen molar-refractivity contribution in [3.8, 4) is 5.75 Å². The van der Waals surface area contributed by atoms with Crippen LogP contribution in [0.4, 0.5) is 5.69 Å². The Morgan fingerprint density at radius 2 is 1.71 bits per heavy atom. The van der Waals surface area contributed by atoms with Crippen LogP contribution in [-0.4, -0.2) is 36.4 Å². The van der Waals surface area contributed by atoms with E-state index in [1.165, 1.54) is 0 Å². The Balaban J connectivity index is 1.34. The summed E-state index contributed by atoms with van der Waals surface area (Å²) in [7, 11) is 0. The summed E-state index contributed by atoms with van der Waals surface area (Å²) in [6.45, 7) is 3.57. The zero-order chi connectivity index (χ0) is 19.8. The van der Waals surface area contributed by atoms with Crippen LogP contribution in [0.5, 0.6) is 5.75 Å². The summed E-state index contributed by atoms with van der Waals surface area (Å²) in [6.07, 6.45) is 3.26. The first kappa shape index (κ1) is 19.9. The van der Waals surface area contributed by atoms with Gasteiger partial charge in [-0.15, -0.1) is 0 Å². The van der Waals surface area contributed by atoms with Crippen molar-refractivity contribution in [2.45, 2.75) is 32.6 Å². The molecule has 0 radical (unpaired) electrons. The first-order chi connectivity index (χ1) is 13.6. The number of nitrogens with zero attached hydrogens (tertiary/aromatic N) is 1. The van der Waals surface area contributed by atoms with Crippen LogP contribution in [-0.2, 0) is 9.59 Å². The van der Waals surface area contributed by atoms with E-state index in [9.17, 15) is 9.59 Å². The van der Waals surface area contributed by atoms with E-state index in [2.05, 4.69) is 5.32 Å². The minimum atomic E-state index is 0.0286. The highest BCUT2D eigenvalue weighted by Crippen LogP contribution is 2.22. The van der Waals surface area contributed by atoms with Gasteiger partial charge in [0.1, 0.15) is 5.75 Å². The van der Waals surface area contributed by atoms with Crippen molar-refractivity contribution in [1.82, 2.24) is 4.90 Å². The van der Waals surface area contributed by atoms with Crippen molar-refractivity contribution < 1.29 is 14.3 Å². The highest BCUT2D eigenvalue weighted by molar-refractivity contribution is 5.90. The van der Waals surface area contributed by atoms with Gasteiger partial charge in [-0.05, 0) is 56.4 Å². The van der Waals surface area contributed by atoms with E-state index < -0.39 is 0 Å². The first-order valence-corrected chi connectivity index (χ1v) is 9.92. The number of hydrogen-bond acceptors (Lipinski definition) is 3. The number of aryl methyl sites for hydroxylation is 1. The number of benzene rings is 2. The number of ether oxygens (including phenoxy) is 1. The van der Waals surface area contributed by atoms with Crippen molar-refractivity contribution in [2.24, 2.45) is 5.92 Å². The normalized spacial score (nSPS) is 14.5. The number of anilines is 1. The molecule has 148 valence electrons. The Morgan fingerprint density at radius 3 is 2.39 bits per heavy atom. The molecule has 5 heteroatoms. The van der Waals surface area contributed by atoms with Gasteiger partial charge < -0.3 is 15.0 Å². The molecule has 2 aromatic rings. The standard InChI is InChI=1S/C23H28N2O3/c1-18-7-10-21(11-8-18)28-17-23(27)25-15-13-19(14-16-25)9-12-22(26)24-20-5-3-2-4-6-20/h2-8,10-11,19H,9,12-17H2,1H3,(H,24,26). The topological polar surface area (TPSA) is 58.6 Å². The molecule has 1 N–H and O–H groups in total. The van der Waals surface area contributed by atoms with E-state index in [1.807, 2.05) is 66.4 Å². The summed E-state index contributed by atoms with van der Waals surface area (Å²) < 4.78 is 5.59. The molecule has 1 aliphatic heterocycles. The molecule has 2 amide bonds. The molecule has 0 spiro atoms. The van der Waals surface area contributed by atoms with E-state index in [0.29, 0.717) is 12.3 Å².